The molecule has 0 aliphatic heterocycles. The maximum atomic E-state index is 6.02. The molecule has 0 bridgehead atoms. The van der Waals surface area contributed by atoms with Gasteiger partial charge in [0.15, 0.2) is 0 Å². The summed E-state index contributed by atoms with van der Waals surface area (Å²) in [6, 6.07) is 19.3. The third-order valence-corrected chi connectivity index (χ3v) is 15.4. The maximum absolute atomic E-state index is 6.02. The minimum atomic E-state index is -2.01. The number of benzene rings is 2. The third kappa shape index (κ3) is 5.26. The smallest absolute Gasteiger partial charge is 0.0751 e. The Bertz CT molecular complexity index is 1430. The van der Waals surface area contributed by atoms with Gasteiger partial charge in [-0.25, -0.2) is 0 Å². The number of unbranched alkanes of at least 4 members (excludes halogenated alkanes) is 3. The molecule has 4 aliphatic rings. The quantitative estimate of drug-likeness (QED) is 0.220. The average molecular weight is 559 g/mol. The lowest BCUT2D eigenvalue weighted by Crippen LogP contribution is -2.45. The molecule has 2 unspecified atom stereocenters. The largest absolute Gasteiger partial charge is 0.376 e. The summed E-state index contributed by atoms with van der Waals surface area (Å²) in [7, 11) is -2.01. The minimum Gasteiger partial charge on any atom is -0.376 e. The SMILES string of the molecule is CC1=CC=C2C(=Cc3ccccc32)C1[Si](C)(CCCCCCOC(C)(C)C)C1C(C)=CC=C2C1=Cc1ccccc12. The fraction of sp³-hybridized carbons (Fsp3) is 0.385. The average Bonchev–Trinajstić information content (AvgIpc) is 3.49. The monoisotopic (exact) mass is 558 g/mol. The van der Waals surface area contributed by atoms with Gasteiger partial charge in [-0.1, -0.05) is 128 Å². The number of rotatable bonds is 9. The van der Waals surface area contributed by atoms with Gasteiger partial charge in [0.1, 0.15) is 0 Å². The number of hydrogen-bond donors (Lipinski definition) is 0. The van der Waals surface area contributed by atoms with E-state index < -0.39 is 8.07 Å². The van der Waals surface area contributed by atoms with Crippen LogP contribution in [0.4, 0.5) is 0 Å². The summed E-state index contributed by atoms with van der Waals surface area (Å²) in [5.41, 5.74) is 15.8. The van der Waals surface area contributed by atoms with Crippen LogP contribution in [-0.4, -0.2) is 20.3 Å². The van der Waals surface area contributed by atoms with Gasteiger partial charge in [0.25, 0.3) is 0 Å². The molecular formula is C39H46OSi. The Morgan fingerprint density at radius 3 is 1.66 bits per heavy atom. The Hall–Kier alpha value is -2.94. The van der Waals surface area contributed by atoms with Gasteiger partial charge < -0.3 is 4.74 Å². The van der Waals surface area contributed by atoms with Crippen LogP contribution in [0.2, 0.25) is 23.7 Å². The Morgan fingerprint density at radius 1 is 0.659 bits per heavy atom. The summed E-state index contributed by atoms with van der Waals surface area (Å²) < 4.78 is 6.02. The van der Waals surface area contributed by atoms with Crippen LogP contribution in [0.1, 0.15) is 82.6 Å². The molecule has 0 radical (unpaired) electrons. The molecule has 212 valence electrons. The maximum Gasteiger partial charge on any atom is 0.0751 e. The van der Waals surface area contributed by atoms with E-state index in [1.54, 1.807) is 22.3 Å². The summed E-state index contributed by atoms with van der Waals surface area (Å²) >= 11 is 0. The van der Waals surface area contributed by atoms with Crippen LogP contribution in [0.5, 0.6) is 0 Å². The van der Waals surface area contributed by atoms with Crippen LogP contribution in [-0.2, 0) is 4.74 Å². The third-order valence-electron chi connectivity index (χ3n) is 9.77. The minimum absolute atomic E-state index is 0.0449. The molecule has 0 spiro atoms. The zero-order valence-electron chi connectivity index (χ0n) is 25.9. The molecule has 2 aromatic rings. The fourth-order valence-electron chi connectivity index (χ4n) is 8.05. The van der Waals surface area contributed by atoms with E-state index >= 15 is 0 Å². The standard InChI is InChI=1S/C39H46OSi/c1-27-19-21-33-31-17-11-9-15-29(31)25-35(33)37(27)41(6,24-14-8-7-13-23-40-39(3,4)5)38-28(2)20-22-34-32-18-12-10-16-30(32)26-36(34)38/h9-12,15-22,25-26,37-38H,7-8,13-14,23-24H2,1-6H3. The van der Waals surface area contributed by atoms with Gasteiger partial charge >= 0.3 is 0 Å². The molecule has 0 fully saturated rings. The van der Waals surface area contributed by atoms with E-state index in [2.05, 4.69) is 126 Å². The summed E-state index contributed by atoms with van der Waals surface area (Å²) in [4.78, 5) is 0. The van der Waals surface area contributed by atoms with Crippen molar-refractivity contribution in [1.29, 1.82) is 0 Å². The van der Waals surface area contributed by atoms with E-state index in [0.29, 0.717) is 11.1 Å². The zero-order valence-corrected chi connectivity index (χ0v) is 26.9. The Kier molecular flexibility index (Phi) is 7.59. The van der Waals surface area contributed by atoms with E-state index in [1.807, 2.05) is 0 Å². The first-order valence-corrected chi connectivity index (χ1v) is 18.6. The van der Waals surface area contributed by atoms with Crippen molar-refractivity contribution in [2.24, 2.45) is 0 Å². The highest BCUT2D eigenvalue weighted by Gasteiger charge is 2.50. The van der Waals surface area contributed by atoms with Crippen molar-refractivity contribution >= 4 is 31.4 Å². The van der Waals surface area contributed by atoms with Crippen LogP contribution in [0.15, 0.2) is 95.1 Å². The highest BCUT2D eigenvalue weighted by molar-refractivity contribution is 6.84. The Morgan fingerprint density at radius 2 is 1.15 bits per heavy atom. The highest BCUT2D eigenvalue weighted by Crippen LogP contribution is 2.60. The van der Waals surface area contributed by atoms with Gasteiger partial charge in [0, 0.05) is 17.7 Å². The van der Waals surface area contributed by atoms with Crippen molar-refractivity contribution in [3.8, 4) is 0 Å². The molecule has 0 N–H and O–H groups in total. The second-order valence-electron chi connectivity index (χ2n) is 13.9. The molecule has 2 aromatic carbocycles. The molecular weight excluding hydrogens is 513 g/mol. The zero-order chi connectivity index (χ0) is 28.8. The lowest BCUT2D eigenvalue weighted by Gasteiger charge is -2.47. The summed E-state index contributed by atoms with van der Waals surface area (Å²) in [6.07, 6.45) is 19.7. The molecule has 0 aromatic heterocycles. The molecule has 0 amide bonds. The van der Waals surface area contributed by atoms with Crippen molar-refractivity contribution in [2.45, 2.75) is 89.6 Å². The van der Waals surface area contributed by atoms with Crippen molar-refractivity contribution in [3.05, 3.63) is 117 Å². The van der Waals surface area contributed by atoms with Crippen molar-refractivity contribution < 1.29 is 4.74 Å². The van der Waals surface area contributed by atoms with Gasteiger partial charge in [0.2, 0.25) is 0 Å². The van der Waals surface area contributed by atoms with E-state index in [4.69, 9.17) is 4.74 Å². The topological polar surface area (TPSA) is 9.23 Å². The molecule has 0 saturated heterocycles. The van der Waals surface area contributed by atoms with E-state index in [1.165, 1.54) is 58.7 Å². The van der Waals surface area contributed by atoms with Gasteiger partial charge in [-0.15, -0.1) is 0 Å². The number of allylic oxidation sites excluding steroid dienone is 10. The second kappa shape index (κ2) is 11.0. The van der Waals surface area contributed by atoms with E-state index in [0.717, 1.165) is 13.0 Å². The van der Waals surface area contributed by atoms with Gasteiger partial charge in [-0.05, 0) is 85.6 Å². The molecule has 6 rings (SSSR count). The number of ether oxygens (including phenoxy) is 1. The van der Waals surface area contributed by atoms with Crippen LogP contribution in [0.3, 0.4) is 0 Å². The first-order chi connectivity index (χ1) is 19.7. The first-order valence-electron chi connectivity index (χ1n) is 15.7. The molecule has 4 aliphatic carbocycles. The normalized spacial score (nSPS) is 22.2. The van der Waals surface area contributed by atoms with Crippen LogP contribution >= 0.6 is 0 Å². The van der Waals surface area contributed by atoms with Crippen molar-refractivity contribution in [1.82, 2.24) is 0 Å². The van der Waals surface area contributed by atoms with Crippen molar-refractivity contribution in [3.63, 3.8) is 0 Å². The molecule has 0 heterocycles. The second-order valence-corrected chi connectivity index (χ2v) is 18.5. The number of fused-ring (bicyclic) bond motifs is 6. The van der Waals surface area contributed by atoms with Gasteiger partial charge in [0.05, 0.1) is 13.7 Å². The Labute approximate surface area is 249 Å². The molecule has 1 nitrogen and oxygen atoms in total. The van der Waals surface area contributed by atoms with E-state index in [9.17, 15) is 0 Å². The highest BCUT2D eigenvalue weighted by atomic mass is 28.3. The molecule has 0 saturated carbocycles. The van der Waals surface area contributed by atoms with Crippen LogP contribution in [0.25, 0.3) is 23.3 Å². The molecule has 2 heteroatoms. The first kappa shape index (κ1) is 28.2. The predicted octanol–water partition coefficient (Wildman–Crippen LogP) is 11.1. The molecule has 41 heavy (non-hydrogen) atoms. The fourth-order valence-corrected chi connectivity index (χ4v) is 14.1. The predicted molar refractivity (Wildman–Crippen MR) is 180 cm³/mol. The summed E-state index contributed by atoms with van der Waals surface area (Å²) in [5.74, 6) is 0. The van der Waals surface area contributed by atoms with Gasteiger partial charge in [-0.3, -0.25) is 0 Å². The Balaban J connectivity index is 1.34. The lowest BCUT2D eigenvalue weighted by molar-refractivity contribution is -0.00471. The lowest BCUT2D eigenvalue weighted by atomic mass is 9.91. The van der Waals surface area contributed by atoms with Crippen LogP contribution in [0, 0.1) is 0 Å². The van der Waals surface area contributed by atoms with Gasteiger partial charge in [-0.2, -0.15) is 0 Å². The summed E-state index contributed by atoms with van der Waals surface area (Å²) in [5, 5.41) is 0. The van der Waals surface area contributed by atoms with Crippen molar-refractivity contribution in [2.75, 3.05) is 6.61 Å². The van der Waals surface area contributed by atoms with E-state index in [-0.39, 0.29) is 5.60 Å². The summed E-state index contributed by atoms with van der Waals surface area (Å²) in [6.45, 7) is 14.9. The number of hydrogen-bond acceptors (Lipinski definition) is 1. The molecule has 2 atom stereocenters. The van der Waals surface area contributed by atoms with Crippen LogP contribution < -0.4 is 0 Å².